The molecule has 82 valence electrons. The summed E-state index contributed by atoms with van der Waals surface area (Å²) in [6.07, 6.45) is 7.12. The highest BCUT2D eigenvalue weighted by Crippen LogP contribution is 2.34. The number of ketones is 1. The van der Waals surface area contributed by atoms with Crippen LogP contribution in [0.1, 0.15) is 37.5 Å². The van der Waals surface area contributed by atoms with Crippen molar-refractivity contribution in [3.63, 3.8) is 0 Å². The summed E-state index contributed by atoms with van der Waals surface area (Å²) in [4.78, 5) is 17.1. The van der Waals surface area contributed by atoms with Gasteiger partial charge in [-0.2, -0.15) is 0 Å². The lowest BCUT2D eigenvalue weighted by Crippen LogP contribution is -2.13. The summed E-state index contributed by atoms with van der Waals surface area (Å²) in [6, 6.07) is 0. The summed E-state index contributed by atoms with van der Waals surface area (Å²) >= 11 is 1.58. The van der Waals surface area contributed by atoms with Gasteiger partial charge in [-0.05, 0) is 25.2 Å². The van der Waals surface area contributed by atoms with Crippen LogP contribution in [-0.2, 0) is 11.2 Å². The highest BCUT2D eigenvalue weighted by atomic mass is 32.1. The van der Waals surface area contributed by atoms with Crippen LogP contribution in [0.5, 0.6) is 0 Å². The highest BCUT2D eigenvalue weighted by molar-refractivity contribution is 7.09. The maximum atomic E-state index is 12.0. The Morgan fingerprint density at radius 1 is 1.60 bits per heavy atom. The maximum Gasteiger partial charge on any atom is 0.141 e. The monoisotopic (exact) mass is 223 g/mol. The highest BCUT2D eigenvalue weighted by Gasteiger charge is 2.28. The molecule has 2 unspecified atom stereocenters. The Morgan fingerprint density at radius 3 is 3.07 bits per heavy atom. The van der Waals surface area contributed by atoms with Crippen molar-refractivity contribution in [1.82, 2.24) is 4.98 Å². The van der Waals surface area contributed by atoms with E-state index in [0.29, 0.717) is 18.1 Å². The zero-order valence-corrected chi connectivity index (χ0v) is 9.93. The standard InChI is InChI=1S/C12H17NOS/c1-2-9-3-4-10(5-9)12(14)6-11-7-13-8-15-11/h7-10H,2-6H2,1H3. The minimum absolute atomic E-state index is 0.331. The van der Waals surface area contributed by atoms with Gasteiger partial charge in [0, 0.05) is 23.4 Å². The fourth-order valence-electron chi connectivity index (χ4n) is 2.38. The van der Waals surface area contributed by atoms with Crippen molar-refractivity contribution in [3.05, 3.63) is 16.6 Å². The van der Waals surface area contributed by atoms with E-state index >= 15 is 0 Å². The average Bonchev–Trinajstić information content (AvgIpc) is 2.86. The van der Waals surface area contributed by atoms with E-state index in [0.717, 1.165) is 23.6 Å². The lowest BCUT2D eigenvalue weighted by molar-refractivity contribution is -0.122. The fraction of sp³-hybridized carbons (Fsp3) is 0.667. The lowest BCUT2D eigenvalue weighted by Gasteiger charge is -2.07. The Bertz CT molecular complexity index is 320. The molecule has 1 heterocycles. The third-order valence-corrected chi connectivity index (χ3v) is 4.19. The van der Waals surface area contributed by atoms with Crippen LogP contribution < -0.4 is 0 Å². The molecule has 2 rings (SSSR count). The molecular formula is C12H17NOS. The van der Waals surface area contributed by atoms with Gasteiger partial charge in [0.1, 0.15) is 5.78 Å². The number of rotatable bonds is 4. The van der Waals surface area contributed by atoms with E-state index in [9.17, 15) is 4.79 Å². The van der Waals surface area contributed by atoms with E-state index < -0.39 is 0 Å². The van der Waals surface area contributed by atoms with Crippen molar-refractivity contribution in [2.75, 3.05) is 0 Å². The molecule has 0 amide bonds. The third kappa shape index (κ3) is 2.65. The Kier molecular flexibility index (Phi) is 3.52. The lowest BCUT2D eigenvalue weighted by atomic mass is 9.97. The van der Waals surface area contributed by atoms with Crippen molar-refractivity contribution in [2.24, 2.45) is 11.8 Å². The number of Topliss-reactive ketones (excluding diaryl/α,β-unsaturated/α-hetero) is 1. The Morgan fingerprint density at radius 2 is 2.47 bits per heavy atom. The Labute approximate surface area is 94.7 Å². The second kappa shape index (κ2) is 4.88. The molecule has 0 spiro atoms. The van der Waals surface area contributed by atoms with Crippen LogP contribution in [0.15, 0.2) is 11.7 Å². The molecule has 2 nitrogen and oxygen atoms in total. The van der Waals surface area contributed by atoms with Crippen molar-refractivity contribution < 1.29 is 4.79 Å². The second-order valence-corrected chi connectivity index (χ2v) is 5.37. The van der Waals surface area contributed by atoms with Gasteiger partial charge in [-0.25, -0.2) is 0 Å². The number of hydrogen-bond donors (Lipinski definition) is 0. The number of thiazole rings is 1. The number of hydrogen-bond acceptors (Lipinski definition) is 3. The zero-order valence-electron chi connectivity index (χ0n) is 9.11. The van der Waals surface area contributed by atoms with Gasteiger partial charge < -0.3 is 0 Å². The normalized spacial score (nSPS) is 25.7. The molecule has 1 aliphatic carbocycles. The molecule has 0 saturated heterocycles. The van der Waals surface area contributed by atoms with Crippen molar-refractivity contribution in [3.8, 4) is 0 Å². The summed E-state index contributed by atoms with van der Waals surface area (Å²) < 4.78 is 0. The van der Waals surface area contributed by atoms with E-state index in [1.165, 1.54) is 12.8 Å². The molecule has 0 radical (unpaired) electrons. The fourth-order valence-corrected chi connectivity index (χ4v) is 2.99. The van der Waals surface area contributed by atoms with Gasteiger partial charge >= 0.3 is 0 Å². The molecule has 0 bridgehead atoms. The van der Waals surface area contributed by atoms with E-state index in [4.69, 9.17) is 0 Å². The van der Waals surface area contributed by atoms with Gasteiger partial charge in [0.2, 0.25) is 0 Å². The van der Waals surface area contributed by atoms with Gasteiger partial charge in [-0.3, -0.25) is 9.78 Å². The van der Waals surface area contributed by atoms with Crippen LogP contribution in [0, 0.1) is 11.8 Å². The molecule has 1 aliphatic rings. The Balaban J connectivity index is 1.87. The van der Waals surface area contributed by atoms with Crippen LogP contribution in [0.25, 0.3) is 0 Å². The summed E-state index contributed by atoms with van der Waals surface area (Å²) in [7, 11) is 0. The van der Waals surface area contributed by atoms with Crippen LogP contribution in [0.4, 0.5) is 0 Å². The number of nitrogens with zero attached hydrogens (tertiary/aromatic N) is 1. The predicted octanol–water partition coefficient (Wildman–Crippen LogP) is 3.08. The molecular weight excluding hydrogens is 206 g/mol. The first-order chi connectivity index (χ1) is 7.29. The van der Waals surface area contributed by atoms with Gasteiger partial charge in [-0.1, -0.05) is 13.3 Å². The maximum absolute atomic E-state index is 12.0. The zero-order chi connectivity index (χ0) is 10.7. The van der Waals surface area contributed by atoms with Crippen LogP contribution in [0.2, 0.25) is 0 Å². The van der Waals surface area contributed by atoms with Crippen LogP contribution >= 0.6 is 11.3 Å². The molecule has 0 aromatic carbocycles. The minimum atomic E-state index is 0.331. The number of aromatic nitrogens is 1. The molecule has 1 aromatic heterocycles. The van der Waals surface area contributed by atoms with Crippen molar-refractivity contribution in [1.29, 1.82) is 0 Å². The molecule has 1 fully saturated rings. The number of carbonyl (C=O) groups is 1. The third-order valence-electron chi connectivity index (χ3n) is 3.41. The van der Waals surface area contributed by atoms with Crippen molar-refractivity contribution in [2.45, 2.75) is 39.0 Å². The van der Waals surface area contributed by atoms with E-state index in [1.54, 1.807) is 16.8 Å². The molecule has 0 N–H and O–H groups in total. The smallest absolute Gasteiger partial charge is 0.141 e. The predicted molar refractivity (Wildman–Crippen MR) is 61.9 cm³/mol. The Hall–Kier alpha value is -0.700. The van der Waals surface area contributed by atoms with E-state index in [-0.39, 0.29) is 0 Å². The summed E-state index contributed by atoms with van der Waals surface area (Å²) in [5.74, 6) is 1.55. The molecule has 3 heteroatoms. The topological polar surface area (TPSA) is 30.0 Å². The molecule has 0 aliphatic heterocycles. The molecule has 2 atom stereocenters. The first-order valence-corrected chi connectivity index (χ1v) is 6.57. The van der Waals surface area contributed by atoms with Crippen LogP contribution in [-0.4, -0.2) is 10.8 Å². The number of carbonyl (C=O) groups excluding carboxylic acids is 1. The average molecular weight is 223 g/mol. The SMILES string of the molecule is CCC1CCC(C(=O)Cc2cncs2)C1. The summed E-state index contributed by atoms with van der Waals surface area (Å²) in [6.45, 7) is 2.22. The van der Waals surface area contributed by atoms with Crippen LogP contribution in [0.3, 0.4) is 0 Å². The minimum Gasteiger partial charge on any atom is -0.299 e. The van der Waals surface area contributed by atoms with Gasteiger partial charge in [0.25, 0.3) is 0 Å². The molecule has 1 aromatic rings. The first kappa shape index (κ1) is 10.8. The van der Waals surface area contributed by atoms with Crippen molar-refractivity contribution >= 4 is 17.1 Å². The van der Waals surface area contributed by atoms with Gasteiger partial charge in [-0.15, -0.1) is 11.3 Å². The quantitative estimate of drug-likeness (QED) is 0.785. The molecule has 1 saturated carbocycles. The molecule has 15 heavy (non-hydrogen) atoms. The second-order valence-electron chi connectivity index (χ2n) is 4.40. The van der Waals surface area contributed by atoms with Gasteiger partial charge in [0.05, 0.1) is 5.51 Å². The summed E-state index contributed by atoms with van der Waals surface area (Å²) in [5, 5.41) is 0. The first-order valence-electron chi connectivity index (χ1n) is 5.69. The van der Waals surface area contributed by atoms with E-state index in [1.807, 2.05) is 6.20 Å². The summed E-state index contributed by atoms with van der Waals surface area (Å²) in [5.41, 5.74) is 1.80. The van der Waals surface area contributed by atoms with Gasteiger partial charge in [0.15, 0.2) is 0 Å². The van der Waals surface area contributed by atoms with E-state index in [2.05, 4.69) is 11.9 Å². The largest absolute Gasteiger partial charge is 0.299 e.